The van der Waals surface area contributed by atoms with Gasteiger partial charge >= 0.3 is 5.97 Å². The highest BCUT2D eigenvalue weighted by molar-refractivity contribution is 7.99. The summed E-state index contributed by atoms with van der Waals surface area (Å²) in [5, 5.41) is 12.0. The van der Waals surface area contributed by atoms with E-state index in [2.05, 4.69) is 19.2 Å². The van der Waals surface area contributed by atoms with Crippen LogP contribution in [0.1, 0.15) is 40.0 Å². The Morgan fingerprint density at radius 2 is 2.12 bits per heavy atom. The van der Waals surface area contributed by atoms with E-state index >= 15 is 0 Å². The van der Waals surface area contributed by atoms with Crippen LogP contribution in [0.3, 0.4) is 0 Å². The topological polar surface area (TPSA) is 49.3 Å². The van der Waals surface area contributed by atoms with Crippen molar-refractivity contribution in [1.82, 2.24) is 5.32 Å². The molecule has 0 spiro atoms. The van der Waals surface area contributed by atoms with Crippen LogP contribution >= 0.6 is 11.8 Å². The molecule has 4 heteroatoms. The van der Waals surface area contributed by atoms with Gasteiger partial charge in [-0.25, -0.2) is 0 Å². The summed E-state index contributed by atoms with van der Waals surface area (Å²) >= 11 is 1.86. The molecule has 0 aliphatic heterocycles. The summed E-state index contributed by atoms with van der Waals surface area (Å²) in [5.41, 5.74) is 0. The molecule has 16 heavy (non-hydrogen) atoms. The summed E-state index contributed by atoms with van der Waals surface area (Å²) in [6.45, 7) is 7.25. The predicted molar refractivity (Wildman–Crippen MR) is 71.1 cm³/mol. The smallest absolute Gasteiger partial charge is 0.320 e. The summed E-state index contributed by atoms with van der Waals surface area (Å²) < 4.78 is 0. The molecule has 0 bridgehead atoms. The van der Waals surface area contributed by atoms with Crippen molar-refractivity contribution in [3.05, 3.63) is 0 Å². The highest BCUT2D eigenvalue weighted by Crippen LogP contribution is 2.13. The lowest BCUT2D eigenvalue weighted by molar-refractivity contribution is -0.139. The highest BCUT2D eigenvalue weighted by Gasteiger charge is 2.15. The summed E-state index contributed by atoms with van der Waals surface area (Å²) in [4.78, 5) is 10.9. The number of thioether (sulfide) groups is 1. The lowest BCUT2D eigenvalue weighted by atomic mass is 10.2. The van der Waals surface area contributed by atoms with Gasteiger partial charge in [-0.15, -0.1) is 0 Å². The van der Waals surface area contributed by atoms with E-state index in [1.807, 2.05) is 18.7 Å². The molecule has 2 unspecified atom stereocenters. The second kappa shape index (κ2) is 9.97. The first-order valence-electron chi connectivity index (χ1n) is 6.15. The quantitative estimate of drug-likeness (QED) is 0.583. The Balaban J connectivity index is 3.64. The molecule has 0 saturated heterocycles. The van der Waals surface area contributed by atoms with Crippen LogP contribution in [-0.2, 0) is 4.79 Å². The first-order valence-corrected chi connectivity index (χ1v) is 7.31. The van der Waals surface area contributed by atoms with Gasteiger partial charge in [0.2, 0.25) is 0 Å². The fourth-order valence-electron chi connectivity index (χ4n) is 1.23. The maximum Gasteiger partial charge on any atom is 0.320 e. The monoisotopic (exact) mass is 247 g/mol. The number of nitrogens with one attached hydrogen (secondary N) is 1. The number of rotatable bonds is 10. The van der Waals surface area contributed by atoms with Gasteiger partial charge < -0.3 is 10.4 Å². The Labute approximate surface area is 103 Å². The number of hydrogen-bond acceptors (Lipinski definition) is 3. The van der Waals surface area contributed by atoms with Crippen LogP contribution in [0.4, 0.5) is 0 Å². The van der Waals surface area contributed by atoms with Crippen LogP contribution in [0.25, 0.3) is 0 Å². The molecule has 96 valence electrons. The molecule has 0 radical (unpaired) electrons. The fourth-order valence-corrected chi connectivity index (χ4v) is 2.44. The van der Waals surface area contributed by atoms with Gasteiger partial charge in [0.15, 0.2) is 0 Å². The van der Waals surface area contributed by atoms with E-state index in [0.29, 0.717) is 0 Å². The largest absolute Gasteiger partial charge is 0.480 e. The second-order valence-corrected chi connectivity index (χ2v) is 5.37. The minimum Gasteiger partial charge on any atom is -0.480 e. The van der Waals surface area contributed by atoms with Crippen molar-refractivity contribution >= 4 is 17.7 Å². The molecule has 0 amide bonds. The third-order valence-corrected chi connectivity index (χ3v) is 3.92. The molecule has 0 aromatic carbocycles. The van der Waals surface area contributed by atoms with Gasteiger partial charge in [-0.2, -0.15) is 11.8 Å². The second-order valence-electron chi connectivity index (χ2n) is 4.22. The minimum absolute atomic E-state index is 0.371. The third-order valence-electron chi connectivity index (χ3n) is 2.59. The van der Waals surface area contributed by atoms with Crippen molar-refractivity contribution < 1.29 is 9.90 Å². The van der Waals surface area contributed by atoms with Crippen LogP contribution in [0.2, 0.25) is 0 Å². The van der Waals surface area contributed by atoms with E-state index in [9.17, 15) is 4.79 Å². The van der Waals surface area contributed by atoms with Gasteiger partial charge in [0.05, 0.1) is 0 Å². The standard InChI is InChI=1S/C12H25NO2S/c1-4-7-13-11(12(14)15)6-8-16-9-10(3)5-2/h10-11,13H,4-9H2,1-3H3,(H,14,15). The Morgan fingerprint density at radius 1 is 1.44 bits per heavy atom. The Kier molecular flexibility index (Phi) is 9.83. The maximum absolute atomic E-state index is 10.9. The molecule has 0 heterocycles. The van der Waals surface area contributed by atoms with Crippen molar-refractivity contribution in [3.63, 3.8) is 0 Å². The molecule has 0 aliphatic carbocycles. The predicted octanol–water partition coefficient (Wildman–Crippen LogP) is 2.61. The number of hydrogen-bond donors (Lipinski definition) is 2. The molecule has 2 atom stereocenters. The molecule has 0 rings (SSSR count). The SMILES string of the molecule is CCCNC(CCSCC(C)CC)C(=O)O. The maximum atomic E-state index is 10.9. The van der Waals surface area contributed by atoms with Gasteiger partial charge in [-0.1, -0.05) is 27.2 Å². The highest BCUT2D eigenvalue weighted by atomic mass is 32.2. The zero-order chi connectivity index (χ0) is 12.4. The third kappa shape index (κ3) is 7.99. The Hall–Kier alpha value is -0.220. The molecule has 3 nitrogen and oxygen atoms in total. The van der Waals surface area contributed by atoms with E-state index in [-0.39, 0.29) is 6.04 Å². The van der Waals surface area contributed by atoms with Crippen LogP contribution < -0.4 is 5.32 Å². The lowest BCUT2D eigenvalue weighted by Gasteiger charge is -2.14. The summed E-state index contributed by atoms with van der Waals surface area (Å²) in [7, 11) is 0. The van der Waals surface area contributed by atoms with E-state index < -0.39 is 5.97 Å². The van der Waals surface area contributed by atoms with Crippen molar-refractivity contribution in [2.75, 3.05) is 18.1 Å². The molecule has 0 aromatic rings. The van der Waals surface area contributed by atoms with Gasteiger partial charge in [-0.05, 0) is 36.8 Å². The van der Waals surface area contributed by atoms with Gasteiger partial charge in [-0.3, -0.25) is 4.79 Å². The summed E-state index contributed by atoms with van der Waals surface area (Å²) in [6, 6.07) is -0.371. The van der Waals surface area contributed by atoms with E-state index in [1.165, 1.54) is 6.42 Å². The molecular formula is C12H25NO2S. The average molecular weight is 247 g/mol. The Morgan fingerprint density at radius 3 is 2.62 bits per heavy atom. The van der Waals surface area contributed by atoms with Crippen molar-refractivity contribution in [2.24, 2.45) is 5.92 Å². The lowest BCUT2D eigenvalue weighted by Crippen LogP contribution is -2.37. The van der Waals surface area contributed by atoms with E-state index in [1.54, 1.807) is 0 Å². The Bertz CT molecular complexity index is 188. The number of carboxylic acids is 1. The number of carbonyl (C=O) groups is 1. The van der Waals surface area contributed by atoms with Crippen molar-refractivity contribution in [1.29, 1.82) is 0 Å². The van der Waals surface area contributed by atoms with E-state index in [4.69, 9.17) is 5.11 Å². The summed E-state index contributed by atoms with van der Waals surface area (Å²) in [6.07, 6.45) is 2.89. The van der Waals surface area contributed by atoms with Crippen molar-refractivity contribution in [2.45, 2.75) is 46.1 Å². The van der Waals surface area contributed by atoms with E-state index in [0.717, 1.165) is 36.8 Å². The molecule has 0 saturated carbocycles. The molecule has 0 aromatic heterocycles. The molecule has 0 aliphatic rings. The van der Waals surface area contributed by atoms with Crippen LogP contribution in [-0.4, -0.2) is 35.2 Å². The average Bonchev–Trinajstić information content (AvgIpc) is 2.27. The van der Waals surface area contributed by atoms with Gasteiger partial charge in [0.1, 0.15) is 6.04 Å². The minimum atomic E-state index is -0.724. The first kappa shape index (κ1) is 15.8. The zero-order valence-corrected chi connectivity index (χ0v) is 11.5. The molecule has 0 fully saturated rings. The van der Waals surface area contributed by atoms with Crippen LogP contribution in [0.15, 0.2) is 0 Å². The molecular weight excluding hydrogens is 222 g/mol. The van der Waals surface area contributed by atoms with Crippen molar-refractivity contribution in [3.8, 4) is 0 Å². The first-order chi connectivity index (χ1) is 7.61. The normalized spacial score (nSPS) is 14.7. The summed E-state index contributed by atoms with van der Waals surface area (Å²) in [5.74, 6) is 2.07. The number of aliphatic carboxylic acids is 1. The fraction of sp³-hybridized carbons (Fsp3) is 0.917. The molecule has 2 N–H and O–H groups in total. The number of carboxylic acid groups (broad SMARTS) is 1. The zero-order valence-electron chi connectivity index (χ0n) is 10.7. The van der Waals surface area contributed by atoms with Gasteiger partial charge in [0.25, 0.3) is 0 Å². The van der Waals surface area contributed by atoms with Gasteiger partial charge in [0, 0.05) is 0 Å². The van der Waals surface area contributed by atoms with Crippen LogP contribution in [0.5, 0.6) is 0 Å². The van der Waals surface area contributed by atoms with Crippen LogP contribution in [0, 0.1) is 5.92 Å².